The number of hydrogen-bond acceptors (Lipinski definition) is 3. The summed E-state index contributed by atoms with van der Waals surface area (Å²) in [5.74, 6) is 0.198. The molecule has 1 amide bonds. The molecule has 20 heavy (non-hydrogen) atoms. The van der Waals surface area contributed by atoms with Crippen molar-refractivity contribution in [1.29, 1.82) is 0 Å². The van der Waals surface area contributed by atoms with Crippen molar-refractivity contribution in [3.8, 4) is 0 Å². The third kappa shape index (κ3) is 2.80. The molecule has 4 heteroatoms. The zero-order valence-electron chi connectivity index (χ0n) is 12.1. The fraction of sp³-hybridized carbons (Fsp3) is 0.562. The molecule has 1 aromatic rings. The van der Waals surface area contributed by atoms with Gasteiger partial charge < -0.3 is 5.32 Å². The van der Waals surface area contributed by atoms with Crippen molar-refractivity contribution in [3.63, 3.8) is 0 Å². The van der Waals surface area contributed by atoms with Gasteiger partial charge in [-0.15, -0.1) is 0 Å². The molecule has 1 N–H and O–H groups in total. The van der Waals surface area contributed by atoms with E-state index >= 15 is 0 Å². The maximum atomic E-state index is 11.6. The van der Waals surface area contributed by atoms with Gasteiger partial charge in [0.1, 0.15) is 0 Å². The van der Waals surface area contributed by atoms with E-state index in [9.17, 15) is 4.79 Å². The molecule has 2 aliphatic heterocycles. The first-order valence-corrected chi connectivity index (χ1v) is 7.60. The Hall–Kier alpha value is -1.55. The molecule has 0 bridgehead atoms. The zero-order chi connectivity index (χ0) is 13.9. The highest BCUT2D eigenvalue weighted by atomic mass is 16.2. The molecular weight excluding hydrogens is 250 g/mol. The minimum absolute atomic E-state index is 0.198. The van der Waals surface area contributed by atoms with Crippen LogP contribution in [0.25, 0.3) is 0 Å². The van der Waals surface area contributed by atoms with Gasteiger partial charge in [0.25, 0.3) is 0 Å². The molecule has 1 atom stereocenters. The fourth-order valence-electron chi connectivity index (χ4n) is 3.18. The number of hydrazine groups is 1. The van der Waals surface area contributed by atoms with Crippen LogP contribution in [0.3, 0.4) is 0 Å². The van der Waals surface area contributed by atoms with E-state index in [0.29, 0.717) is 12.5 Å². The van der Waals surface area contributed by atoms with Gasteiger partial charge in [0, 0.05) is 26.1 Å². The van der Waals surface area contributed by atoms with Gasteiger partial charge in [0.15, 0.2) is 0 Å². The summed E-state index contributed by atoms with van der Waals surface area (Å²) in [6, 6.07) is 9.22. The van der Waals surface area contributed by atoms with E-state index in [1.807, 2.05) is 7.05 Å². The zero-order valence-corrected chi connectivity index (χ0v) is 12.1. The number of hydrogen-bond donors (Lipinski definition) is 1. The van der Waals surface area contributed by atoms with Gasteiger partial charge >= 0.3 is 0 Å². The van der Waals surface area contributed by atoms with Crippen molar-refractivity contribution < 1.29 is 4.79 Å². The predicted octanol–water partition coefficient (Wildman–Crippen LogP) is 1.95. The van der Waals surface area contributed by atoms with Gasteiger partial charge in [-0.2, -0.15) is 0 Å². The summed E-state index contributed by atoms with van der Waals surface area (Å²) in [5.41, 5.74) is 2.49. The molecule has 0 radical (unpaired) electrons. The van der Waals surface area contributed by atoms with Crippen LogP contribution in [0.2, 0.25) is 0 Å². The number of carbonyl (C=O) groups excluding carboxylic acids is 1. The third-order valence-electron chi connectivity index (χ3n) is 4.36. The molecule has 4 nitrogen and oxygen atoms in total. The van der Waals surface area contributed by atoms with Crippen LogP contribution in [0.15, 0.2) is 24.3 Å². The lowest BCUT2D eigenvalue weighted by Crippen LogP contribution is -2.36. The van der Waals surface area contributed by atoms with E-state index in [-0.39, 0.29) is 5.91 Å². The maximum absolute atomic E-state index is 11.6. The Balaban J connectivity index is 1.71. The lowest BCUT2D eigenvalue weighted by atomic mass is 9.97. The summed E-state index contributed by atoms with van der Waals surface area (Å²) in [4.78, 5) is 11.6. The summed E-state index contributed by atoms with van der Waals surface area (Å²) in [7, 11) is 1.85. The molecule has 2 aliphatic rings. The SMILES string of the molecule is CN1C(=O)CCN1c1cccc(CC2CCCCN2)c1. The number of amides is 1. The van der Waals surface area contributed by atoms with Crippen molar-refractivity contribution in [2.24, 2.45) is 0 Å². The first-order valence-electron chi connectivity index (χ1n) is 7.60. The standard InChI is InChI=1S/C16H23N3O/c1-18-16(20)8-10-19(18)15-7-4-5-13(12-15)11-14-6-2-3-9-17-14/h4-5,7,12,14,17H,2-3,6,8-11H2,1H3. The van der Waals surface area contributed by atoms with E-state index in [1.165, 1.54) is 24.8 Å². The van der Waals surface area contributed by atoms with E-state index in [1.54, 1.807) is 5.01 Å². The van der Waals surface area contributed by atoms with E-state index < -0.39 is 0 Å². The van der Waals surface area contributed by atoms with E-state index in [0.717, 1.165) is 25.2 Å². The lowest BCUT2D eigenvalue weighted by molar-refractivity contribution is -0.126. The van der Waals surface area contributed by atoms with Gasteiger partial charge in [-0.3, -0.25) is 14.8 Å². The van der Waals surface area contributed by atoms with Crippen LogP contribution in [0, 0.1) is 0 Å². The second kappa shape index (κ2) is 5.83. The van der Waals surface area contributed by atoms with E-state index in [2.05, 4.69) is 34.6 Å². The van der Waals surface area contributed by atoms with Crippen LogP contribution in [0.1, 0.15) is 31.2 Å². The number of nitrogens with zero attached hydrogens (tertiary/aromatic N) is 2. The summed E-state index contributed by atoms with van der Waals surface area (Å²) in [6.45, 7) is 1.94. The van der Waals surface area contributed by atoms with Gasteiger partial charge in [0.2, 0.25) is 5.91 Å². The molecule has 2 heterocycles. The minimum atomic E-state index is 0.198. The lowest BCUT2D eigenvalue weighted by Gasteiger charge is -2.27. The van der Waals surface area contributed by atoms with Gasteiger partial charge in [-0.25, -0.2) is 0 Å². The van der Waals surface area contributed by atoms with Crippen LogP contribution in [0.5, 0.6) is 0 Å². The van der Waals surface area contributed by atoms with Crippen molar-refractivity contribution in [2.75, 3.05) is 25.1 Å². The number of nitrogens with one attached hydrogen (secondary N) is 1. The molecule has 0 aromatic heterocycles. The average Bonchev–Trinajstić information content (AvgIpc) is 2.80. The highest BCUT2D eigenvalue weighted by Crippen LogP contribution is 2.23. The molecule has 0 saturated carbocycles. The Morgan fingerprint density at radius 1 is 1.35 bits per heavy atom. The van der Waals surface area contributed by atoms with Crippen LogP contribution in [0.4, 0.5) is 5.69 Å². The number of piperidine rings is 1. The van der Waals surface area contributed by atoms with Crippen molar-refractivity contribution in [2.45, 2.75) is 38.1 Å². The van der Waals surface area contributed by atoms with Gasteiger partial charge in [-0.05, 0) is 43.5 Å². The molecule has 2 saturated heterocycles. The van der Waals surface area contributed by atoms with Crippen LogP contribution in [-0.2, 0) is 11.2 Å². The second-order valence-corrected chi connectivity index (χ2v) is 5.81. The third-order valence-corrected chi connectivity index (χ3v) is 4.36. The number of benzene rings is 1. The molecule has 1 unspecified atom stereocenters. The highest BCUT2D eigenvalue weighted by Gasteiger charge is 2.25. The van der Waals surface area contributed by atoms with Crippen molar-refractivity contribution in [3.05, 3.63) is 29.8 Å². The molecule has 3 rings (SSSR count). The molecular formula is C16H23N3O. The number of anilines is 1. The monoisotopic (exact) mass is 273 g/mol. The first-order chi connectivity index (χ1) is 9.74. The highest BCUT2D eigenvalue weighted by molar-refractivity contribution is 5.81. The Morgan fingerprint density at radius 3 is 2.95 bits per heavy atom. The average molecular weight is 273 g/mol. The molecule has 2 fully saturated rings. The molecule has 0 spiro atoms. The molecule has 1 aromatic carbocycles. The van der Waals surface area contributed by atoms with Crippen LogP contribution >= 0.6 is 0 Å². The normalized spacial score (nSPS) is 23.4. The maximum Gasteiger partial charge on any atom is 0.242 e. The Labute approximate surface area is 120 Å². The number of rotatable bonds is 3. The molecule has 108 valence electrons. The quantitative estimate of drug-likeness (QED) is 0.914. The fourth-order valence-corrected chi connectivity index (χ4v) is 3.18. The largest absolute Gasteiger partial charge is 0.314 e. The Bertz CT molecular complexity index is 482. The number of carbonyl (C=O) groups is 1. The topological polar surface area (TPSA) is 35.6 Å². The van der Waals surface area contributed by atoms with Crippen LogP contribution in [-0.4, -0.2) is 37.1 Å². The first kappa shape index (κ1) is 13.4. The summed E-state index contributed by atoms with van der Waals surface area (Å²) >= 11 is 0. The smallest absolute Gasteiger partial charge is 0.242 e. The molecule has 0 aliphatic carbocycles. The summed E-state index contributed by atoms with van der Waals surface area (Å²) < 4.78 is 0. The van der Waals surface area contributed by atoms with Gasteiger partial charge in [-0.1, -0.05) is 18.6 Å². The Kier molecular flexibility index (Phi) is 3.92. The van der Waals surface area contributed by atoms with E-state index in [4.69, 9.17) is 0 Å². The summed E-state index contributed by atoms with van der Waals surface area (Å²) in [5, 5.41) is 7.40. The summed E-state index contributed by atoms with van der Waals surface area (Å²) in [6.07, 6.45) is 5.61. The Morgan fingerprint density at radius 2 is 2.25 bits per heavy atom. The minimum Gasteiger partial charge on any atom is -0.314 e. The van der Waals surface area contributed by atoms with Gasteiger partial charge in [0.05, 0.1) is 5.69 Å². The van der Waals surface area contributed by atoms with Crippen molar-refractivity contribution >= 4 is 11.6 Å². The van der Waals surface area contributed by atoms with Crippen LogP contribution < -0.4 is 10.3 Å². The second-order valence-electron chi connectivity index (χ2n) is 5.81. The predicted molar refractivity (Wildman–Crippen MR) is 80.5 cm³/mol. The van der Waals surface area contributed by atoms with Crippen molar-refractivity contribution in [1.82, 2.24) is 10.3 Å².